The molecule has 0 fully saturated rings. The molecule has 1 aromatic rings. The van der Waals surface area contributed by atoms with Crippen molar-refractivity contribution in [3.05, 3.63) is 32.8 Å². The molecule has 1 aromatic carbocycles. The molecule has 16 heavy (non-hydrogen) atoms. The van der Waals surface area contributed by atoms with E-state index in [1.54, 1.807) is 26.2 Å². The van der Waals surface area contributed by atoms with E-state index in [2.05, 4.69) is 20.9 Å². The number of methoxy groups -OCH3 is 1. The number of aliphatic imine (C=N–C) groups is 1. The molecule has 86 valence electrons. The van der Waals surface area contributed by atoms with E-state index in [9.17, 15) is 10.1 Å². The van der Waals surface area contributed by atoms with Crippen molar-refractivity contribution >= 4 is 33.0 Å². The molecule has 0 aliphatic carbocycles. The summed E-state index contributed by atoms with van der Waals surface area (Å²) < 4.78 is 5.65. The van der Waals surface area contributed by atoms with Gasteiger partial charge in [0.15, 0.2) is 0 Å². The van der Waals surface area contributed by atoms with Gasteiger partial charge < -0.3 is 4.74 Å². The van der Waals surface area contributed by atoms with E-state index in [1.165, 1.54) is 6.07 Å². The van der Waals surface area contributed by atoms with Gasteiger partial charge in [0.2, 0.25) is 0 Å². The minimum Gasteiger partial charge on any atom is -0.379 e. The van der Waals surface area contributed by atoms with Crippen LogP contribution in [0.2, 0.25) is 0 Å². The highest BCUT2D eigenvalue weighted by molar-refractivity contribution is 9.10. The van der Waals surface area contributed by atoms with Crippen molar-refractivity contribution in [3.8, 4) is 0 Å². The van der Waals surface area contributed by atoms with Crippen molar-refractivity contribution in [3.63, 3.8) is 0 Å². The fraction of sp³-hybridized carbons (Fsp3) is 0.300. The average molecular weight is 287 g/mol. The summed E-state index contributed by atoms with van der Waals surface area (Å²) in [5.41, 5.74) is 0.997. The van der Waals surface area contributed by atoms with Gasteiger partial charge in [-0.1, -0.05) is 15.9 Å². The van der Waals surface area contributed by atoms with Crippen LogP contribution in [-0.2, 0) is 4.74 Å². The van der Waals surface area contributed by atoms with Crippen LogP contribution in [0.15, 0.2) is 27.7 Å². The van der Waals surface area contributed by atoms with Crippen LogP contribution in [0.25, 0.3) is 0 Å². The van der Waals surface area contributed by atoms with Crippen molar-refractivity contribution in [1.29, 1.82) is 0 Å². The first kappa shape index (κ1) is 12.8. The summed E-state index contributed by atoms with van der Waals surface area (Å²) >= 11 is 3.25. The monoisotopic (exact) mass is 286 g/mol. The molecular weight excluding hydrogens is 276 g/mol. The van der Waals surface area contributed by atoms with E-state index < -0.39 is 4.92 Å². The number of benzene rings is 1. The normalized spacial score (nSPS) is 11.6. The van der Waals surface area contributed by atoms with Crippen LogP contribution < -0.4 is 0 Å². The molecule has 0 aliphatic heterocycles. The summed E-state index contributed by atoms with van der Waals surface area (Å²) in [5.74, 6) is 0. The van der Waals surface area contributed by atoms with E-state index in [1.807, 2.05) is 0 Å². The average Bonchev–Trinajstić information content (AvgIpc) is 2.17. The Balaban J connectivity index is 3.15. The van der Waals surface area contributed by atoms with E-state index in [-0.39, 0.29) is 5.69 Å². The topological polar surface area (TPSA) is 64.7 Å². The summed E-state index contributed by atoms with van der Waals surface area (Å²) in [6, 6.07) is 4.64. The molecule has 0 saturated carbocycles. The second kappa shape index (κ2) is 5.72. The second-order valence-electron chi connectivity index (χ2n) is 3.17. The van der Waals surface area contributed by atoms with E-state index in [0.29, 0.717) is 18.0 Å². The Kier molecular flexibility index (Phi) is 4.57. The zero-order valence-electron chi connectivity index (χ0n) is 8.94. The van der Waals surface area contributed by atoms with Gasteiger partial charge in [0.1, 0.15) is 5.69 Å². The number of nitrogens with zero attached hydrogens (tertiary/aromatic N) is 2. The number of halogens is 1. The first-order valence-electron chi connectivity index (χ1n) is 4.51. The van der Waals surface area contributed by atoms with Gasteiger partial charge in [-0.2, -0.15) is 0 Å². The lowest BCUT2D eigenvalue weighted by atomic mass is 10.2. The predicted octanol–water partition coefficient (Wildman–Crippen LogP) is 3.10. The Labute approximate surface area is 101 Å². The third kappa shape index (κ3) is 3.39. The maximum Gasteiger partial charge on any atom is 0.294 e. The summed E-state index contributed by atoms with van der Waals surface area (Å²) in [5, 5.41) is 10.8. The lowest BCUT2D eigenvalue weighted by Gasteiger charge is -2.01. The van der Waals surface area contributed by atoms with Crippen LogP contribution in [-0.4, -0.2) is 24.4 Å². The summed E-state index contributed by atoms with van der Waals surface area (Å²) in [7, 11) is 1.55. The minimum atomic E-state index is -0.453. The lowest BCUT2D eigenvalue weighted by Crippen LogP contribution is -2.01. The Hall–Kier alpha value is -1.27. The lowest BCUT2D eigenvalue weighted by molar-refractivity contribution is -0.384. The molecule has 6 heteroatoms. The van der Waals surface area contributed by atoms with Crippen molar-refractivity contribution in [2.45, 2.75) is 6.92 Å². The van der Waals surface area contributed by atoms with Crippen LogP contribution in [0.1, 0.15) is 6.92 Å². The molecule has 0 atom stereocenters. The quantitative estimate of drug-likeness (QED) is 0.485. The predicted molar refractivity (Wildman–Crippen MR) is 65.4 cm³/mol. The van der Waals surface area contributed by atoms with E-state index in [0.717, 1.165) is 4.47 Å². The number of ether oxygens (including phenoxy) is 1. The van der Waals surface area contributed by atoms with Gasteiger partial charge in [-0.05, 0) is 19.1 Å². The van der Waals surface area contributed by atoms with Crippen molar-refractivity contribution in [1.82, 2.24) is 0 Å². The van der Waals surface area contributed by atoms with E-state index in [4.69, 9.17) is 4.74 Å². The van der Waals surface area contributed by atoms with Gasteiger partial charge in [0, 0.05) is 23.4 Å². The molecule has 0 saturated heterocycles. The zero-order chi connectivity index (χ0) is 12.1. The smallest absolute Gasteiger partial charge is 0.294 e. The molecule has 0 heterocycles. The van der Waals surface area contributed by atoms with Crippen LogP contribution in [0.5, 0.6) is 0 Å². The first-order valence-corrected chi connectivity index (χ1v) is 5.31. The number of hydrogen-bond donors (Lipinski definition) is 0. The molecule has 0 bridgehead atoms. The fourth-order valence-corrected chi connectivity index (χ4v) is 1.54. The van der Waals surface area contributed by atoms with Crippen LogP contribution in [0, 0.1) is 10.1 Å². The third-order valence-corrected chi connectivity index (χ3v) is 2.29. The molecule has 0 aromatic heterocycles. The summed E-state index contributed by atoms with van der Waals surface area (Å²) in [4.78, 5) is 14.5. The molecule has 0 amide bonds. The maximum atomic E-state index is 10.8. The standard InChI is InChI=1S/C10H11BrN2O3/c1-7(6-16-2)12-9-5-8(11)3-4-10(9)13(14)15/h3-5H,6H2,1-2H3/b12-7+. The molecule has 1 rings (SSSR count). The van der Waals surface area contributed by atoms with E-state index >= 15 is 0 Å². The van der Waals surface area contributed by atoms with Crippen LogP contribution in [0.3, 0.4) is 0 Å². The van der Waals surface area contributed by atoms with Gasteiger partial charge >= 0.3 is 0 Å². The number of nitro groups is 1. The fourth-order valence-electron chi connectivity index (χ4n) is 1.19. The van der Waals surface area contributed by atoms with Gasteiger partial charge in [-0.15, -0.1) is 0 Å². The molecule has 0 N–H and O–H groups in total. The van der Waals surface area contributed by atoms with Gasteiger partial charge in [-0.25, -0.2) is 4.99 Å². The highest BCUT2D eigenvalue weighted by Gasteiger charge is 2.13. The second-order valence-corrected chi connectivity index (χ2v) is 4.09. The highest BCUT2D eigenvalue weighted by Crippen LogP contribution is 2.30. The number of hydrogen-bond acceptors (Lipinski definition) is 4. The Morgan fingerprint density at radius 1 is 1.62 bits per heavy atom. The summed E-state index contributed by atoms with van der Waals surface area (Å²) in [6.45, 7) is 2.11. The van der Waals surface area contributed by atoms with Gasteiger partial charge in [-0.3, -0.25) is 10.1 Å². The zero-order valence-corrected chi connectivity index (χ0v) is 10.5. The summed E-state index contributed by atoms with van der Waals surface area (Å²) in [6.07, 6.45) is 0. The van der Waals surface area contributed by atoms with Crippen LogP contribution in [0.4, 0.5) is 11.4 Å². The van der Waals surface area contributed by atoms with Crippen molar-refractivity contribution in [2.24, 2.45) is 4.99 Å². The van der Waals surface area contributed by atoms with Crippen molar-refractivity contribution < 1.29 is 9.66 Å². The molecule has 0 unspecified atom stereocenters. The Morgan fingerprint density at radius 2 is 2.31 bits per heavy atom. The SMILES string of the molecule is COC/C(C)=N/c1cc(Br)ccc1[N+](=O)[O-]. The Bertz CT molecular complexity index is 432. The highest BCUT2D eigenvalue weighted by atomic mass is 79.9. The largest absolute Gasteiger partial charge is 0.379 e. The number of nitro benzene ring substituents is 1. The molecule has 0 radical (unpaired) electrons. The van der Waals surface area contributed by atoms with Crippen LogP contribution >= 0.6 is 15.9 Å². The molecule has 0 spiro atoms. The van der Waals surface area contributed by atoms with Gasteiger partial charge in [0.05, 0.1) is 11.5 Å². The Morgan fingerprint density at radius 3 is 2.88 bits per heavy atom. The first-order chi connectivity index (χ1) is 7.54. The molecular formula is C10H11BrN2O3. The molecule has 5 nitrogen and oxygen atoms in total. The minimum absolute atomic E-state index is 0.0151. The third-order valence-electron chi connectivity index (χ3n) is 1.80. The van der Waals surface area contributed by atoms with Gasteiger partial charge in [0.25, 0.3) is 5.69 Å². The maximum absolute atomic E-state index is 10.8. The van der Waals surface area contributed by atoms with Crippen molar-refractivity contribution in [2.75, 3.05) is 13.7 Å². The number of rotatable bonds is 4. The molecule has 0 aliphatic rings.